The van der Waals surface area contributed by atoms with E-state index in [9.17, 15) is 33.6 Å². The molecule has 0 spiro atoms. The van der Waals surface area contributed by atoms with Gasteiger partial charge in [0.1, 0.15) is 0 Å². The Morgan fingerprint density at radius 2 is 0.708 bits per heavy atom. The fourth-order valence-corrected chi connectivity index (χ4v) is 2.68. The second-order valence-corrected chi connectivity index (χ2v) is 14.9. The standard InChI is InChI=1S/C10H18O2.2C8H14O2.2C7H12O2.C6H10O2.C5H8O2/c1-4-5-6-7-8-12-10(11)9(2)3;1-6(2)5-10-8(9)7(3)4;1-4-5-6-10-8(9)7(2)3;1-5(2)7(8)9-6(3)4;1-4-5-9-7(8)6(2)3;1-4-8-6(7)5(2)3;1-4(2)5(6)7-3/h2,4-8H2,1,3H3;6H,3,5H2,1-2,4H3;2,4-6H2,1,3H3;6H,1H2,2-4H3;2,4-5H2,1,3H3;2,4H2,1,3H3;1H2,2-3H3. The van der Waals surface area contributed by atoms with Crippen LogP contribution in [0.3, 0.4) is 0 Å². The van der Waals surface area contributed by atoms with Crippen molar-refractivity contribution in [2.75, 3.05) is 40.1 Å². The van der Waals surface area contributed by atoms with Crippen molar-refractivity contribution in [3.8, 4) is 0 Å². The van der Waals surface area contributed by atoms with Gasteiger partial charge in [-0.15, -0.1) is 0 Å². The summed E-state index contributed by atoms with van der Waals surface area (Å²) in [6.45, 7) is 53.4. The molecule has 0 aliphatic rings. The van der Waals surface area contributed by atoms with Crippen LogP contribution in [-0.4, -0.2) is 88.0 Å². The molecule has 0 aliphatic heterocycles. The summed E-state index contributed by atoms with van der Waals surface area (Å²) < 4.78 is 32.9. The molecule has 0 aromatic carbocycles. The van der Waals surface area contributed by atoms with E-state index in [1.54, 1.807) is 69.2 Å². The van der Waals surface area contributed by atoms with Crippen LogP contribution in [0.5, 0.6) is 0 Å². The summed E-state index contributed by atoms with van der Waals surface area (Å²) in [4.78, 5) is 74.1. The van der Waals surface area contributed by atoms with Crippen LogP contribution in [0.4, 0.5) is 0 Å². The first-order valence-electron chi connectivity index (χ1n) is 21.7. The summed E-state index contributed by atoms with van der Waals surface area (Å²) in [6.07, 6.45) is 7.31. The normalized spacial score (nSPS) is 8.95. The molecule has 0 aliphatic carbocycles. The maximum Gasteiger partial charge on any atom is 0.333 e. The van der Waals surface area contributed by atoms with E-state index in [0.717, 1.165) is 32.1 Å². The summed E-state index contributed by atoms with van der Waals surface area (Å²) in [5.74, 6) is -1.73. The number of hydrogen-bond acceptors (Lipinski definition) is 14. The van der Waals surface area contributed by atoms with Gasteiger partial charge in [0.2, 0.25) is 0 Å². The predicted molar refractivity (Wildman–Crippen MR) is 262 cm³/mol. The fraction of sp³-hybridized carbons (Fsp3) is 0.588. The number of ether oxygens (including phenoxy) is 7. The summed E-state index contributed by atoms with van der Waals surface area (Å²) >= 11 is 0. The summed E-state index contributed by atoms with van der Waals surface area (Å²) in [7, 11) is 1.33. The van der Waals surface area contributed by atoms with E-state index in [4.69, 9.17) is 23.7 Å². The van der Waals surface area contributed by atoms with Crippen molar-refractivity contribution in [2.45, 2.75) is 155 Å². The number of hydrogen-bond donors (Lipinski definition) is 0. The summed E-state index contributed by atoms with van der Waals surface area (Å²) in [5.41, 5.74) is 3.20. The average Bonchev–Trinajstić information content (AvgIpc) is 3.22. The molecule has 0 saturated carbocycles. The molecule has 65 heavy (non-hydrogen) atoms. The van der Waals surface area contributed by atoms with E-state index in [-0.39, 0.29) is 47.9 Å². The first kappa shape index (κ1) is 73.8. The van der Waals surface area contributed by atoms with E-state index < -0.39 is 0 Å². The number of methoxy groups -OCH3 is 1. The van der Waals surface area contributed by atoms with Gasteiger partial charge in [0, 0.05) is 39.0 Å². The van der Waals surface area contributed by atoms with Crippen LogP contribution < -0.4 is 0 Å². The molecule has 0 radical (unpaired) electrons. The quantitative estimate of drug-likeness (QED) is 0.0458. The third-order valence-corrected chi connectivity index (χ3v) is 6.19. The smallest absolute Gasteiger partial charge is 0.333 e. The Kier molecular flexibility index (Phi) is 58.1. The minimum Gasteiger partial charge on any atom is -0.466 e. The SMILES string of the molecule is C=C(C)C(=O)OC.C=C(C)C(=O)OC(C)C.C=C(C)C(=O)OCC.C=C(C)C(=O)OCC(C)C.C=C(C)C(=O)OCCC.C=C(C)C(=O)OCCCC.C=C(C)C(=O)OCCCCCC. The van der Waals surface area contributed by atoms with E-state index in [1.807, 2.05) is 20.8 Å². The molecule has 0 heterocycles. The first-order valence-corrected chi connectivity index (χ1v) is 21.7. The molecule has 0 N–H and O–H groups in total. The Morgan fingerprint density at radius 1 is 0.385 bits per heavy atom. The summed E-state index contributed by atoms with van der Waals surface area (Å²) in [5, 5.41) is 0. The van der Waals surface area contributed by atoms with Crippen molar-refractivity contribution in [1.29, 1.82) is 0 Å². The number of carbonyl (C=O) groups excluding carboxylic acids is 7. The number of esters is 7. The lowest BCUT2D eigenvalue weighted by molar-refractivity contribution is -0.143. The van der Waals surface area contributed by atoms with E-state index >= 15 is 0 Å². The largest absolute Gasteiger partial charge is 0.466 e. The lowest BCUT2D eigenvalue weighted by Crippen LogP contribution is -2.11. The van der Waals surface area contributed by atoms with Gasteiger partial charge >= 0.3 is 41.8 Å². The Hall–Kier alpha value is -5.53. The van der Waals surface area contributed by atoms with Gasteiger partial charge in [0.25, 0.3) is 0 Å². The molecule has 0 rings (SSSR count). The van der Waals surface area contributed by atoms with Gasteiger partial charge in [0.15, 0.2) is 0 Å². The second-order valence-electron chi connectivity index (χ2n) is 14.9. The van der Waals surface area contributed by atoms with Gasteiger partial charge in [-0.25, -0.2) is 33.6 Å². The molecule has 0 atom stereocenters. The van der Waals surface area contributed by atoms with Gasteiger partial charge in [-0.2, -0.15) is 0 Å². The van der Waals surface area contributed by atoms with Crippen LogP contribution in [-0.2, 0) is 66.7 Å². The maximum absolute atomic E-state index is 10.9. The monoisotopic (exact) mass is 925 g/mol. The zero-order valence-corrected chi connectivity index (χ0v) is 43.3. The van der Waals surface area contributed by atoms with Gasteiger partial charge in [-0.1, -0.05) is 106 Å². The molecule has 0 saturated heterocycles. The number of rotatable bonds is 21. The van der Waals surface area contributed by atoms with Crippen molar-refractivity contribution >= 4 is 41.8 Å². The fourth-order valence-electron chi connectivity index (χ4n) is 2.68. The van der Waals surface area contributed by atoms with Crippen molar-refractivity contribution in [1.82, 2.24) is 0 Å². The Balaban J connectivity index is -0.000000121. The van der Waals surface area contributed by atoms with Crippen molar-refractivity contribution < 1.29 is 66.7 Å². The van der Waals surface area contributed by atoms with Gasteiger partial charge in [-0.05, 0) is 94.4 Å². The molecule has 0 amide bonds. The predicted octanol–water partition coefficient (Wildman–Crippen LogP) is 11.2. The summed E-state index contributed by atoms with van der Waals surface area (Å²) in [6, 6.07) is 0. The van der Waals surface area contributed by atoms with Crippen LogP contribution in [0.15, 0.2) is 85.1 Å². The van der Waals surface area contributed by atoms with E-state index in [1.165, 1.54) is 20.0 Å². The van der Waals surface area contributed by atoms with Gasteiger partial charge in [0.05, 0.1) is 46.2 Å². The molecule has 0 fully saturated rings. The highest BCUT2D eigenvalue weighted by molar-refractivity contribution is 5.89. The van der Waals surface area contributed by atoms with Crippen LogP contribution in [0.2, 0.25) is 0 Å². The third-order valence-electron chi connectivity index (χ3n) is 6.19. The lowest BCUT2D eigenvalue weighted by Gasteiger charge is -2.05. The minimum absolute atomic E-state index is 0.0470. The van der Waals surface area contributed by atoms with Crippen LogP contribution >= 0.6 is 0 Å². The van der Waals surface area contributed by atoms with E-state index in [2.05, 4.69) is 69.4 Å². The molecule has 0 bridgehead atoms. The van der Waals surface area contributed by atoms with Crippen LogP contribution in [0.1, 0.15) is 149 Å². The highest BCUT2D eigenvalue weighted by Crippen LogP contribution is 2.01. The van der Waals surface area contributed by atoms with Gasteiger partial charge < -0.3 is 33.2 Å². The zero-order valence-electron chi connectivity index (χ0n) is 43.3. The topological polar surface area (TPSA) is 184 Å². The molecular formula is C51H88O14. The molecule has 0 unspecified atom stereocenters. The average molecular weight is 925 g/mol. The number of carbonyl (C=O) groups is 7. The van der Waals surface area contributed by atoms with Crippen molar-refractivity contribution in [2.24, 2.45) is 5.92 Å². The molecule has 376 valence electrons. The Labute approximate surface area is 393 Å². The zero-order chi connectivity index (χ0) is 52.7. The van der Waals surface area contributed by atoms with Crippen LogP contribution in [0.25, 0.3) is 0 Å². The van der Waals surface area contributed by atoms with E-state index in [0.29, 0.717) is 78.0 Å². The van der Waals surface area contributed by atoms with Crippen molar-refractivity contribution in [3.63, 3.8) is 0 Å². The molecular weight excluding hydrogens is 837 g/mol. The maximum atomic E-state index is 10.9. The minimum atomic E-state index is -0.347. The highest BCUT2D eigenvalue weighted by atomic mass is 16.6. The molecule has 0 aromatic rings. The second kappa shape index (κ2) is 51.1. The molecule has 0 aromatic heterocycles. The first-order chi connectivity index (χ1) is 30.0. The van der Waals surface area contributed by atoms with Gasteiger partial charge in [-0.3, -0.25) is 0 Å². The lowest BCUT2D eigenvalue weighted by atomic mass is 10.2. The van der Waals surface area contributed by atoms with Crippen LogP contribution in [0, 0.1) is 5.92 Å². The Bertz CT molecular complexity index is 1460. The third kappa shape index (κ3) is 67.7. The number of unbranched alkanes of at least 4 members (excludes halogenated alkanes) is 4. The Morgan fingerprint density at radius 3 is 0.938 bits per heavy atom. The molecule has 14 nitrogen and oxygen atoms in total. The highest BCUT2D eigenvalue weighted by Gasteiger charge is 2.05. The molecule has 14 heteroatoms. The van der Waals surface area contributed by atoms with Crippen molar-refractivity contribution in [3.05, 3.63) is 85.1 Å².